The first-order chi connectivity index (χ1) is 14.4. The minimum absolute atomic E-state index is 0.0424. The van der Waals surface area contributed by atoms with Crippen molar-refractivity contribution in [3.05, 3.63) is 22.3 Å². The van der Waals surface area contributed by atoms with Crippen molar-refractivity contribution < 1.29 is 29.1 Å². The number of nitrogen functional groups attached to an aromatic ring is 1. The van der Waals surface area contributed by atoms with E-state index in [0.29, 0.717) is 17.9 Å². The van der Waals surface area contributed by atoms with Gasteiger partial charge >= 0.3 is 5.97 Å². The molecule has 3 atom stereocenters. The number of β-lactam (4-membered cyclic amide) rings is 1. The van der Waals surface area contributed by atoms with Crippen LogP contribution in [0.15, 0.2) is 21.8 Å². The average molecular weight is 454 g/mol. The summed E-state index contributed by atoms with van der Waals surface area (Å²) in [5.74, 6) is -1.92. The summed E-state index contributed by atoms with van der Waals surface area (Å²) < 4.78 is 5.63. The number of aromatic nitrogens is 1. The Labute approximate surface area is 179 Å². The van der Waals surface area contributed by atoms with Gasteiger partial charge in [0.25, 0.3) is 11.8 Å². The molecular formula is C17H19N5O6S2. The van der Waals surface area contributed by atoms with Crippen molar-refractivity contribution in [3.63, 3.8) is 0 Å². The van der Waals surface area contributed by atoms with Crippen molar-refractivity contribution in [2.24, 2.45) is 5.16 Å². The van der Waals surface area contributed by atoms with E-state index < -0.39 is 29.2 Å². The molecule has 3 aliphatic heterocycles. The third kappa shape index (κ3) is 3.52. The zero-order valence-corrected chi connectivity index (χ0v) is 17.5. The minimum atomic E-state index is -1.18. The molecule has 11 nitrogen and oxygen atoms in total. The maximum absolute atomic E-state index is 12.8. The molecule has 2 amide bonds. The number of oxime groups is 1. The van der Waals surface area contributed by atoms with Gasteiger partial charge in [-0.1, -0.05) is 5.16 Å². The van der Waals surface area contributed by atoms with E-state index in [0.717, 1.165) is 24.2 Å². The molecule has 0 aromatic carbocycles. The number of fused-ring (bicyclic) bond motifs is 1. The molecule has 2 fully saturated rings. The molecule has 0 radical (unpaired) electrons. The number of carbonyl (C=O) groups is 3. The lowest BCUT2D eigenvalue weighted by Gasteiger charge is -2.49. The first-order valence-corrected chi connectivity index (χ1v) is 11.0. The zero-order valence-electron chi connectivity index (χ0n) is 15.9. The third-order valence-electron chi connectivity index (χ3n) is 4.97. The molecule has 160 valence electrons. The highest BCUT2D eigenvalue weighted by atomic mass is 32.2. The van der Waals surface area contributed by atoms with Crippen LogP contribution in [0.4, 0.5) is 5.13 Å². The zero-order chi connectivity index (χ0) is 21.4. The number of anilines is 1. The first-order valence-electron chi connectivity index (χ1n) is 9.08. The third-order valence-corrected chi connectivity index (χ3v) is 6.94. The number of nitrogens with one attached hydrogen (secondary N) is 1. The predicted octanol–water partition coefficient (Wildman–Crippen LogP) is -0.00660. The van der Waals surface area contributed by atoms with Crippen LogP contribution >= 0.6 is 23.1 Å². The molecule has 4 rings (SSSR count). The largest absolute Gasteiger partial charge is 0.477 e. The highest BCUT2D eigenvalue weighted by molar-refractivity contribution is 8.00. The molecule has 13 heteroatoms. The molecule has 1 aromatic rings. The number of hydrogen-bond donors (Lipinski definition) is 3. The summed E-state index contributed by atoms with van der Waals surface area (Å²) in [6.07, 6.45) is 1.29. The predicted molar refractivity (Wildman–Crippen MR) is 109 cm³/mol. The highest BCUT2D eigenvalue weighted by Crippen LogP contribution is 2.42. The van der Waals surface area contributed by atoms with Crippen molar-refractivity contribution >= 4 is 51.7 Å². The van der Waals surface area contributed by atoms with Crippen LogP contribution in [0, 0.1) is 0 Å². The van der Waals surface area contributed by atoms with Crippen LogP contribution in [0.25, 0.3) is 0 Å². The van der Waals surface area contributed by atoms with Crippen LogP contribution < -0.4 is 11.1 Å². The van der Waals surface area contributed by atoms with Gasteiger partial charge in [-0.25, -0.2) is 9.78 Å². The molecule has 1 aromatic heterocycles. The Bertz CT molecular complexity index is 954. The Morgan fingerprint density at radius 2 is 2.30 bits per heavy atom. The van der Waals surface area contributed by atoms with Gasteiger partial charge in [-0.2, -0.15) is 0 Å². The number of carbonyl (C=O) groups excluding carboxylic acids is 2. The van der Waals surface area contributed by atoms with E-state index in [9.17, 15) is 19.5 Å². The number of nitrogens with two attached hydrogens (primary N) is 1. The number of carboxylic acids is 1. The number of thiazole rings is 1. The summed E-state index contributed by atoms with van der Waals surface area (Å²) in [5.41, 5.74) is 6.29. The number of aliphatic carboxylic acids is 1. The van der Waals surface area contributed by atoms with Gasteiger partial charge in [0.1, 0.15) is 29.9 Å². The summed E-state index contributed by atoms with van der Waals surface area (Å²) in [6.45, 7) is 0.574. The Balaban J connectivity index is 1.53. The first kappa shape index (κ1) is 20.6. The summed E-state index contributed by atoms with van der Waals surface area (Å²) in [4.78, 5) is 47.4. The van der Waals surface area contributed by atoms with E-state index in [1.54, 1.807) is 5.38 Å². The topological polar surface area (TPSA) is 156 Å². The maximum atomic E-state index is 12.8. The molecule has 30 heavy (non-hydrogen) atoms. The van der Waals surface area contributed by atoms with Crippen molar-refractivity contribution in [1.29, 1.82) is 0 Å². The molecule has 4 N–H and O–H groups in total. The SMILES string of the molecule is CO/N=C(\C(=O)N[C@@H]1C(=O)N2C(C(=O)O)=C([C@@H]3CCCO3)CSC12)c1csc(N)n1. The van der Waals surface area contributed by atoms with Crippen LogP contribution in [-0.4, -0.2) is 75.5 Å². The highest BCUT2D eigenvalue weighted by Gasteiger charge is 2.55. The number of carboxylic acid groups (broad SMARTS) is 1. The van der Waals surface area contributed by atoms with Gasteiger partial charge in [0.15, 0.2) is 10.8 Å². The summed E-state index contributed by atoms with van der Waals surface area (Å²) in [6, 6.07) is -0.888. The molecule has 3 aliphatic rings. The van der Waals surface area contributed by atoms with E-state index in [4.69, 9.17) is 15.3 Å². The molecule has 0 spiro atoms. The lowest BCUT2D eigenvalue weighted by atomic mass is 9.99. The second kappa shape index (κ2) is 8.24. The Hall–Kier alpha value is -2.64. The Kier molecular flexibility index (Phi) is 5.66. The Morgan fingerprint density at radius 3 is 2.90 bits per heavy atom. The van der Waals surface area contributed by atoms with Gasteiger partial charge in [-0.3, -0.25) is 14.5 Å². The summed E-state index contributed by atoms with van der Waals surface area (Å²) >= 11 is 2.53. The van der Waals surface area contributed by atoms with E-state index in [1.807, 2.05) is 0 Å². The van der Waals surface area contributed by atoms with Gasteiger partial charge in [0.2, 0.25) is 0 Å². The van der Waals surface area contributed by atoms with E-state index in [-0.39, 0.29) is 28.3 Å². The number of thioether (sulfide) groups is 1. The molecule has 0 bridgehead atoms. The van der Waals surface area contributed by atoms with E-state index in [1.165, 1.54) is 23.8 Å². The molecule has 4 heterocycles. The normalized spacial score (nSPS) is 26.3. The van der Waals surface area contributed by atoms with Gasteiger partial charge < -0.3 is 25.7 Å². The van der Waals surface area contributed by atoms with E-state index >= 15 is 0 Å². The van der Waals surface area contributed by atoms with Crippen LogP contribution in [-0.2, 0) is 24.0 Å². The van der Waals surface area contributed by atoms with Crippen LogP contribution in [0.2, 0.25) is 0 Å². The Morgan fingerprint density at radius 1 is 1.50 bits per heavy atom. The smallest absolute Gasteiger partial charge is 0.352 e. The number of hydrogen-bond acceptors (Lipinski definition) is 10. The van der Waals surface area contributed by atoms with E-state index in [2.05, 4.69) is 15.5 Å². The lowest BCUT2D eigenvalue weighted by Crippen LogP contribution is -2.71. The van der Waals surface area contributed by atoms with Crippen molar-refractivity contribution in [1.82, 2.24) is 15.2 Å². The average Bonchev–Trinajstić information content (AvgIpc) is 3.40. The lowest BCUT2D eigenvalue weighted by molar-refractivity contribution is -0.150. The molecule has 0 saturated carbocycles. The molecule has 1 unspecified atom stereocenters. The van der Waals surface area contributed by atoms with Crippen molar-refractivity contribution in [2.45, 2.75) is 30.4 Å². The maximum Gasteiger partial charge on any atom is 0.352 e. The van der Waals surface area contributed by atoms with Crippen LogP contribution in [0.5, 0.6) is 0 Å². The summed E-state index contributed by atoms with van der Waals surface area (Å²) in [7, 11) is 1.28. The second-order valence-electron chi connectivity index (χ2n) is 6.74. The van der Waals surface area contributed by atoms with Gasteiger partial charge in [-0.05, 0) is 18.4 Å². The number of amides is 2. The molecular weight excluding hydrogens is 434 g/mol. The standard InChI is InChI=1S/C17H19N5O6S2/c1-27-21-10(8-6-30-17(18)19-8)13(23)20-11-14(24)22-12(16(25)26)7(5-29-15(11)22)9-3-2-4-28-9/h6,9,11,15H,2-5H2,1H3,(H2,18,19)(H,20,23)(H,25,26)/b21-10-/t9-,11+,15?/m0/s1. The number of rotatable bonds is 6. The molecule has 2 saturated heterocycles. The van der Waals surface area contributed by atoms with Crippen molar-refractivity contribution in [2.75, 3.05) is 25.2 Å². The monoisotopic (exact) mass is 453 g/mol. The van der Waals surface area contributed by atoms with Crippen LogP contribution in [0.3, 0.4) is 0 Å². The van der Waals surface area contributed by atoms with Crippen molar-refractivity contribution in [3.8, 4) is 0 Å². The van der Waals surface area contributed by atoms with Crippen LogP contribution in [0.1, 0.15) is 18.5 Å². The fourth-order valence-corrected chi connectivity index (χ4v) is 5.60. The van der Waals surface area contributed by atoms with Gasteiger partial charge in [0, 0.05) is 17.7 Å². The number of ether oxygens (including phenoxy) is 1. The van der Waals surface area contributed by atoms with Gasteiger partial charge in [0.05, 0.1) is 6.10 Å². The van der Waals surface area contributed by atoms with Gasteiger partial charge in [-0.15, -0.1) is 23.1 Å². The minimum Gasteiger partial charge on any atom is -0.477 e. The fraction of sp³-hybridized carbons (Fsp3) is 0.471. The molecule has 0 aliphatic carbocycles. The quantitative estimate of drug-likeness (QED) is 0.306. The number of nitrogens with zero attached hydrogens (tertiary/aromatic N) is 3. The summed E-state index contributed by atoms with van der Waals surface area (Å²) in [5, 5.41) is 17.3. The second-order valence-corrected chi connectivity index (χ2v) is 8.73. The fourth-order valence-electron chi connectivity index (χ4n) is 3.64.